The monoisotopic (exact) mass is 1300 g/mol. The zero-order chi connectivity index (χ0) is 67.3. The van der Waals surface area contributed by atoms with Crippen molar-refractivity contribution in [2.24, 2.45) is 0 Å². The molecule has 0 spiro atoms. The normalized spacial score (nSPS) is 21.5. The number of phenolic OH excluding ortho intramolecular Hbond substituents is 3. The number of nitrogens with one attached hydrogen (secondary N) is 9. The van der Waals surface area contributed by atoms with Gasteiger partial charge in [0.25, 0.3) is 59.1 Å². The largest absolute Gasteiger partial charge is 0.506 e. The summed E-state index contributed by atoms with van der Waals surface area (Å²) < 4.78 is 0. The van der Waals surface area contributed by atoms with Gasteiger partial charge in [0.15, 0.2) is 0 Å². The lowest BCUT2D eigenvalue weighted by atomic mass is 10.0. The molecule has 12 bridgehead atoms. The Bertz CT molecular complexity index is 3410. The number of rotatable bonds is 8. The van der Waals surface area contributed by atoms with Gasteiger partial charge in [-0.2, -0.15) is 0 Å². The van der Waals surface area contributed by atoms with Gasteiger partial charge in [0.2, 0.25) is 5.91 Å². The van der Waals surface area contributed by atoms with Gasteiger partial charge in [-0.25, -0.2) is 4.79 Å². The van der Waals surface area contributed by atoms with Crippen LogP contribution < -0.4 is 47.9 Å². The Balaban J connectivity index is 1.16. The number of amides is 11. The average molecular weight is 1300 g/mol. The number of imide groups is 1. The number of nitrogens with zero attached hydrogens (tertiary/aromatic N) is 5. The first-order valence-corrected chi connectivity index (χ1v) is 31.3. The second-order valence-corrected chi connectivity index (χ2v) is 22.9. The van der Waals surface area contributed by atoms with E-state index in [9.17, 15) is 72.9 Å². The van der Waals surface area contributed by atoms with E-state index < -0.39 is 101 Å². The zero-order valence-corrected chi connectivity index (χ0v) is 52.3. The maximum absolute atomic E-state index is 14.5. The van der Waals surface area contributed by atoms with Crippen LogP contribution in [-0.4, -0.2) is 248 Å². The fraction of sp³-hybridized carbons (Fsp3) is 0.438. The highest BCUT2D eigenvalue weighted by atomic mass is 16.7. The highest BCUT2D eigenvalue weighted by molar-refractivity contribution is 6.07. The first kappa shape index (κ1) is 69.8. The van der Waals surface area contributed by atoms with E-state index >= 15 is 0 Å². The Morgan fingerprint density at radius 2 is 0.745 bits per heavy atom. The lowest BCUT2D eigenvalue weighted by Gasteiger charge is -2.31. The van der Waals surface area contributed by atoms with Gasteiger partial charge in [0.1, 0.15) is 23.7 Å². The van der Waals surface area contributed by atoms with E-state index in [1.54, 1.807) is 25.1 Å². The van der Waals surface area contributed by atoms with E-state index in [2.05, 4.69) is 47.9 Å². The van der Waals surface area contributed by atoms with Crippen LogP contribution in [0.3, 0.4) is 0 Å². The first-order chi connectivity index (χ1) is 45.3. The van der Waals surface area contributed by atoms with Crippen molar-refractivity contribution >= 4 is 70.9 Å². The highest BCUT2D eigenvalue weighted by Crippen LogP contribution is 2.26. The summed E-state index contributed by atoms with van der Waals surface area (Å²) in [6, 6.07) is 16.6. The molecule has 5 aliphatic rings. The molecule has 9 rings (SSSR count). The molecular weight excluding hydrogens is 1220 g/mol. The number of carbonyl (C=O) groups excluding carboxylic acids is 12. The van der Waals surface area contributed by atoms with Crippen LogP contribution in [0.4, 0.5) is 0 Å². The number of phenols is 3. The molecule has 4 aromatic rings. The third-order valence-corrected chi connectivity index (χ3v) is 16.5. The van der Waals surface area contributed by atoms with Gasteiger partial charge in [-0.05, 0) is 80.3 Å². The third-order valence-electron chi connectivity index (χ3n) is 16.5. The molecule has 5 unspecified atom stereocenters. The standard InChI is InChI=1S/C64H80N14O16/c1-40-42-9-4-10-43(40)58(87)67-21-28-76-32-25-70-61(90)45-12-5-11-44(54(45)83)59(88)68-22-29-74(27-20-66-57(42)86)34-35-75-30-23-69-60(89)46-13-6-14-47(55(46)84)62(91)72-26-33-77(37-36-76)39-41(73-64(93)49-16-7-15-48(56(49)85)63(92)71-24-31-75)8-2-3-19-65-50(79)38-53(82)94-78-51(80)17-18-52(78)81/h4-7,9-16,41,83-85H,2-3,8,17-39H2,1H3,(H,65,79)(H,66,86)(H,67,87)(H,68,88)(H,69,89)(H,70,90)(H,71,92)(H,72,91)(H,73,93). The van der Waals surface area contributed by atoms with Gasteiger partial charge < -0.3 is 68.0 Å². The quantitative estimate of drug-likeness (QED) is 0.0569. The van der Waals surface area contributed by atoms with Gasteiger partial charge in [0, 0.05) is 161 Å². The molecule has 4 aromatic carbocycles. The summed E-state index contributed by atoms with van der Waals surface area (Å²) in [4.78, 5) is 174. The lowest BCUT2D eigenvalue weighted by molar-refractivity contribution is -0.197. The number of benzene rings is 4. The molecule has 11 amide bonds. The summed E-state index contributed by atoms with van der Waals surface area (Å²) in [7, 11) is 0. The summed E-state index contributed by atoms with van der Waals surface area (Å²) in [5.74, 6) is -10.1. The third kappa shape index (κ3) is 19.3. The molecule has 0 aliphatic carbocycles. The van der Waals surface area contributed by atoms with Crippen molar-refractivity contribution in [3.05, 3.63) is 123 Å². The fourth-order valence-electron chi connectivity index (χ4n) is 11.2. The molecule has 12 N–H and O–H groups in total. The van der Waals surface area contributed by atoms with Crippen molar-refractivity contribution < 1.29 is 77.7 Å². The summed E-state index contributed by atoms with van der Waals surface area (Å²) in [5, 5.41) is 60.7. The predicted molar refractivity (Wildman–Crippen MR) is 338 cm³/mol. The second-order valence-electron chi connectivity index (χ2n) is 22.9. The minimum Gasteiger partial charge on any atom is -0.506 e. The molecule has 5 atom stereocenters. The topological polar surface area (TPSA) is 399 Å². The smallest absolute Gasteiger partial charge is 0.342 e. The summed E-state index contributed by atoms with van der Waals surface area (Å²) in [5.41, 5.74) is -0.182. The Morgan fingerprint density at radius 3 is 1.11 bits per heavy atom. The fourth-order valence-corrected chi connectivity index (χ4v) is 11.2. The van der Waals surface area contributed by atoms with Crippen molar-refractivity contribution in [1.82, 2.24) is 72.5 Å². The molecule has 30 nitrogen and oxygen atoms in total. The van der Waals surface area contributed by atoms with Gasteiger partial charge in [-0.1, -0.05) is 24.3 Å². The van der Waals surface area contributed by atoms with E-state index in [-0.39, 0.29) is 195 Å². The molecule has 0 aromatic heterocycles. The lowest BCUT2D eigenvalue weighted by Crippen LogP contribution is -2.49. The first-order valence-electron chi connectivity index (χ1n) is 31.3. The van der Waals surface area contributed by atoms with E-state index in [0.717, 1.165) is 0 Å². The molecule has 0 radical (unpaired) electrons. The van der Waals surface area contributed by atoms with Crippen LogP contribution in [0, 0.1) is 6.92 Å². The summed E-state index contributed by atoms with van der Waals surface area (Å²) in [6.45, 7) is 3.79. The molecule has 30 heteroatoms. The van der Waals surface area contributed by atoms with Crippen LogP contribution in [0.2, 0.25) is 0 Å². The SMILES string of the molecule is Cc1c2cccc1C(=O)NCCN1CCNC(=O)c3cccc(c3O)C(=O)NCCN(CCNC2=O)CCN2CCNC(=O)c3cccc(c3O)C(=O)NCCN(CC1)CC(CCCCNC(=O)CC(=O)ON1C(=O)CCC1=O)NC(=O)c1cccc(c1O)C(=O)NCC2. The van der Waals surface area contributed by atoms with Gasteiger partial charge in [-0.15, -0.1) is 5.06 Å². The van der Waals surface area contributed by atoms with Gasteiger partial charge >= 0.3 is 5.97 Å². The Kier molecular flexibility index (Phi) is 25.3. The molecule has 1 fully saturated rings. The molecule has 5 aliphatic heterocycles. The second kappa shape index (κ2) is 34.0. The number of unbranched alkanes of at least 4 members (excludes halogenated alkanes) is 1. The maximum Gasteiger partial charge on any atom is 0.342 e. The number of hydrogen-bond donors (Lipinski definition) is 12. The molecule has 94 heavy (non-hydrogen) atoms. The van der Waals surface area contributed by atoms with Crippen LogP contribution in [0.25, 0.3) is 0 Å². The summed E-state index contributed by atoms with van der Waals surface area (Å²) >= 11 is 0. The average Bonchev–Trinajstić information content (AvgIpc) is 1.15. The Morgan fingerprint density at radius 1 is 0.436 bits per heavy atom. The molecule has 1 saturated heterocycles. The van der Waals surface area contributed by atoms with Crippen LogP contribution >= 0.6 is 0 Å². The number of aromatic hydroxyl groups is 3. The highest BCUT2D eigenvalue weighted by Gasteiger charge is 2.34. The van der Waals surface area contributed by atoms with E-state index in [1.807, 2.05) is 19.6 Å². The van der Waals surface area contributed by atoms with Gasteiger partial charge in [0.05, 0.1) is 33.4 Å². The minimum absolute atomic E-state index is 0.00125. The van der Waals surface area contributed by atoms with Crippen LogP contribution in [0.5, 0.6) is 17.2 Å². The van der Waals surface area contributed by atoms with Crippen molar-refractivity contribution in [1.29, 1.82) is 0 Å². The Hall–Kier alpha value is -10.0. The number of fused-ring (bicyclic) bond motifs is 16. The molecular formula is C64H80N14O16. The minimum atomic E-state index is -1.12. The number of carbonyl (C=O) groups is 12. The van der Waals surface area contributed by atoms with E-state index in [0.29, 0.717) is 23.5 Å². The maximum atomic E-state index is 14.5. The molecule has 502 valence electrons. The zero-order valence-electron chi connectivity index (χ0n) is 52.3. The number of hydrogen-bond acceptors (Lipinski definition) is 20. The van der Waals surface area contributed by atoms with Crippen molar-refractivity contribution in [2.45, 2.75) is 51.5 Å². The van der Waals surface area contributed by atoms with E-state index in [4.69, 9.17) is 4.84 Å². The van der Waals surface area contributed by atoms with Crippen LogP contribution in [-0.2, 0) is 24.0 Å². The van der Waals surface area contributed by atoms with Crippen LogP contribution in [0.1, 0.15) is 127 Å². The van der Waals surface area contributed by atoms with E-state index in [1.165, 1.54) is 54.6 Å². The van der Waals surface area contributed by atoms with Crippen LogP contribution in [0.15, 0.2) is 72.8 Å². The predicted octanol–water partition coefficient (Wildman–Crippen LogP) is -1.05. The van der Waals surface area contributed by atoms with Crippen molar-refractivity contribution in [3.63, 3.8) is 0 Å². The summed E-state index contributed by atoms with van der Waals surface area (Å²) in [6.07, 6.45) is -0.222. The Labute approximate surface area is 541 Å². The number of para-hydroxylation sites is 3. The number of hydroxylamine groups is 2. The molecule has 5 heterocycles. The van der Waals surface area contributed by atoms with Crippen molar-refractivity contribution in [3.8, 4) is 17.2 Å². The van der Waals surface area contributed by atoms with Gasteiger partial charge in [-0.3, -0.25) is 72.3 Å². The van der Waals surface area contributed by atoms with Crippen molar-refractivity contribution in [2.75, 3.05) is 131 Å². The molecule has 0 saturated carbocycles.